The van der Waals surface area contributed by atoms with Crippen LogP contribution in [0, 0.1) is 17.8 Å². The maximum atomic E-state index is 14.0. The molecule has 2 fully saturated rings. The van der Waals surface area contributed by atoms with Crippen molar-refractivity contribution in [2.24, 2.45) is 17.8 Å². The molecular formula is C41H59ClN4O4S. The van der Waals surface area contributed by atoms with Gasteiger partial charge in [0.25, 0.3) is 5.91 Å². The summed E-state index contributed by atoms with van der Waals surface area (Å²) in [4.78, 5) is 21.3. The third-order valence-electron chi connectivity index (χ3n) is 13.9. The van der Waals surface area contributed by atoms with Crippen molar-refractivity contribution in [3.8, 4) is 5.75 Å². The molecule has 3 heterocycles. The number of ether oxygens (including phenoxy) is 2. The molecule has 8 nitrogen and oxygen atoms in total. The molecule has 1 saturated carbocycles. The number of amides is 1. The lowest BCUT2D eigenvalue weighted by atomic mass is 9.62. The molecule has 0 radical (unpaired) electrons. The molecule has 1 saturated heterocycles. The van der Waals surface area contributed by atoms with Crippen molar-refractivity contribution >= 4 is 38.8 Å². The molecule has 0 aromatic heterocycles. The first-order valence-electron chi connectivity index (χ1n) is 19.1. The van der Waals surface area contributed by atoms with Gasteiger partial charge in [-0.1, -0.05) is 31.0 Å². The quantitative estimate of drug-likeness (QED) is 0.363. The minimum atomic E-state index is -2.91. The van der Waals surface area contributed by atoms with E-state index in [1.165, 1.54) is 11.1 Å². The maximum absolute atomic E-state index is 14.0. The molecule has 2 aromatic rings. The van der Waals surface area contributed by atoms with E-state index in [2.05, 4.69) is 65.4 Å². The number of nitrogens with one attached hydrogen (secondary N) is 1. The molecule has 5 aliphatic rings. The zero-order valence-electron chi connectivity index (χ0n) is 31.6. The number of fused-ring (bicyclic) bond motifs is 4. The van der Waals surface area contributed by atoms with Crippen molar-refractivity contribution in [1.82, 2.24) is 14.5 Å². The summed E-state index contributed by atoms with van der Waals surface area (Å²) in [6.45, 7) is 11.7. The summed E-state index contributed by atoms with van der Waals surface area (Å²) in [7, 11) is 3.39. The summed E-state index contributed by atoms with van der Waals surface area (Å²) in [6, 6.07) is 12.1. The largest absolute Gasteiger partial charge is 0.490 e. The molecule has 51 heavy (non-hydrogen) atoms. The fourth-order valence-corrected chi connectivity index (χ4v) is 11.7. The van der Waals surface area contributed by atoms with Crippen LogP contribution in [-0.2, 0) is 26.3 Å². The number of nitrogens with zero attached hydrogens (tertiary/aromatic N) is 3. The van der Waals surface area contributed by atoms with Gasteiger partial charge in [0.15, 0.2) is 0 Å². The Morgan fingerprint density at radius 2 is 1.86 bits per heavy atom. The molecule has 2 aliphatic carbocycles. The summed E-state index contributed by atoms with van der Waals surface area (Å²) in [6.07, 6.45) is 8.21. The van der Waals surface area contributed by atoms with Crippen molar-refractivity contribution in [3.05, 3.63) is 58.1 Å². The fourth-order valence-electron chi connectivity index (χ4n) is 10.1. The maximum Gasteiger partial charge on any atom is 0.262 e. The zero-order chi connectivity index (χ0) is 36.3. The van der Waals surface area contributed by atoms with Crippen LogP contribution in [0.4, 0.5) is 5.69 Å². The highest BCUT2D eigenvalue weighted by Crippen LogP contribution is 2.50. The van der Waals surface area contributed by atoms with Gasteiger partial charge in [-0.15, -0.1) is 0 Å². The van der Waals surface area contributed by atoms with Gasteiger partial charge in [0.2, 0.25) is 0 Å². The van der Waals surface area contributed by atoms with E-state index < -0.39 is 9.71 Å². The van der Waals surface area contributed by atoms with Crippen molar-refractivity contribution < 1.29 is 18.5 Å². The minimum absolute atomic E-state index is 0.122. The van der Waals surface area contributed by atoms with E-state index >= 15 is 0 Å². The molecule has 2 bridgehead atoms. The lowest BCUT2D eigenvalue weighted by Crippen LogP contribution is -2.70. The molecule has 7 atom stereocenters. The number of likely N-dealkylation sites (N-methyl/N-ethyl adjacent to an activating group) is 1. The third-order valence-corrected chi connectivity index (χ3v) is 16.3. The molecule has 3 aliphatic heterocycles. The predicted octanol–water partition coefficient (Wildman–Crippen LogP) is 6.43. The smallest absolute Gasteiger partial charge is 0.262 e. The van der Waals surface area contributed by atoms with Crippen molar-refractivity contribution in [2.45, 2.75) is 93.9 Å². The highest BCUT2D eigenvalue weighted by molar-refractivity contribution is 7.99. The first-order valence-corrected chi connectivity index (χ1v) is 21.3. The van der Waals surface area contributed by atoms with Crippen molar-refractivity contribution in [2.75, 3.05) is 65.4 Å². The number of hydrogen-bond acceptors (Lipinski definition) is 7. The summed E-state index contributed by atoms with van der Waals surface area (Å²) in [5, 5.41) is 0.496. The van der Waals surface area contributed by atoms with Gasteiger partial charge in [-0.2, -0.15) is 0 Å². The average Bonchev–Trinajstić information content (AvgIpc) is 3.21. The van der Waals surface area contributed by atoms with E-state index in [1.54, 1.807) is 0 Å². The number of methoxy groups -OCH3 is 1. The standard InChI is InChI=1S/C41H59ClN4O4S/c1-28-10-8-19-41(49-6,26-45-23-39(3,24-45)44(4)5)35-15-12-32(35)22-46-25-40(18-9-11-30-20-33(42)14-16-34(30)40)27-50-37-17-13-31(21-36(37)46)38(47)43-51(7,48)29(28)2/h13-14,16-17,20-21,28-29,32,35H,7-12,15,18-19,22-27H2,1-6H3,(H,43,47,48)/t28-,29+,32-,35+,40-,41-,51?/m0/s1. The lowest BCUT2D eigenvalue weighted by Gasteiger charge is -2.58. The number of hydrogen-bond donors (Lipinski definition) is 1. The first kappa shape index (κ1) is 37.0. The van der Waals surface area contributed by atoms with Gasteiger partial charge in [-0.05, 0) is 138 Å². The average molecular weight is 739 g/mol. The van der Waals surface area contributed by atoms with E-state index in [1.807, 2.05) is 38.3 Å². The number of likely N-dealkylation sites (tertiary alicyclic amines) is 1. The van der Waals surface area contributed by atoms with Gasteiger partial charge in [0.05, 0.1) is 27.6 Å². The van der Waals surface area contributed by atoms with Crippen LogP contribution in [0.25, 0.3) is 0 Å². The highest BCUT2D eigenvalue weighted by Gasteiger charge is 2.53. The zero-order valence-corrected chi connectivity index (χ0v) is 33.2. The van der Waals surface area contributed by atoms with Crippen LogP contribution in [0.5, 0.6) is 5.75 Å². The fraction of sp³-hybridized carbons (Fsp3) is 0.659. The van der Waals surface area contributed by atoms with Crippen molar-refractivity contribution in [1.29, 1.82) is 0 Å². The summed E-state index contributed by atoms with van der Waals surface area (Å²) in [5.41, 5.74) is 3.74. The molecule has 1 amide bonds. The van der Waals surface area contributed by atoms with Gasteiger partial charge < -0.3 is 19.3 Å². The Balaban J connectivity index is 1.29. The van der Waals surface area contributed by atoms with Crippen LogP contribution in [0.3, 0.4) is 0 Å². The third kappa shape index (κ3) is 6.84. The monoisotopic (exact) mass is 738 g/mol. The Morgan fingerprint density at radius 1 is 1.08 bits per heavy atom. The molecular weight excluding hydrogens is 680 g/mol. The summed E-state index contributed by atoms with van der Waals surface area (Å²) < 4.78 is 30.4. The van der Waals surface area contributed by atoms with Crippen LogP contribution in [0.15, 0.2) is 36.4 Å². The van der Waals surface area contributed by atoms with Gasteiger partial charge in [-0.3, -0.25) is 14.4 Å². The molecule has 10 heteroatoms. The SMILES string of the molecule is C=S1(=O)NC(=O)c2ccc3c(c2)N(C[C@@H]2CC[C@H]2[C@](CN2CC(C)(N(C)C)C2)(OC)CCC[C@H](C)[C@H]1C)C[C@@]1(CCCc2cc(Cl)ccc21)CO3. The number of carbonyl (C=O) groups is 1. The van der Waals surface area contributed by atoms with Crippen molar-refractivity contribution in [3.63, 3.8) is 0 Å². The van der Waals surface area contributed by atoms with Gasteiger partial charge in [0.1, 0.15) is 5.75 Å². The van der Waals surface area contributed by atoms with E-state index in [-0.39, 0.29) is 33.6 Å². The Hall–Kier alpha value is -2.30. The summed E-state index contributed by atoms with van der Waals surface area (Å²) in [5.74, 6) is 5.49. The van der Waals surface area contributed by atoms with E-state index in [9.17, 15) is 9.00 Å². The second-order valence-electron chi connectivity index (χ2n) is 17.3. The predicted molar refractivity (Wildman–Crippen MR) is 210 cm³/mol. The molecule has 1 N–H and O–H groups in total. The molecule has 7 rings (SSSR count). The second-order valence-corrected chi connectivity index (χ2v) is 20.1. The number of halogens is 1. The minimum Gasteiger partial charge on any atom is -0.490 e. The Bertz CT molecular complexity index is 1740. The van der Waals surface area contributed by atoms with Crippen LogP contribution < -0.4 is 14.4 Å². The van der Waals surface area contributed by atoms with Crippen LogP contribution in [-0.4, -0.2) is 103 Å². The number of carbonyl (C=O) groups excluding carboxylic acids is 1. The Kier molecular flexibility index (Phi) is 10.0. The van der Waals surface area contributed by atoms with Gasteiger partial charge in [-0.25, -0.2) is 4.21 Å². The molecule has 280 valence electrons. The topological polar surface area (TPSA) is 74.4 Å². The Morgan fingerprint density at radius 3 is 2.57 bits per heavy atom. The van der Waals surface area contributed by atoms with E-state index in [0.29, 0.717) is 24.0 Å². The number of aryl methyl sites for hydroxylation is 1. The van der Waals surface area contributed by atoms with Crippen LogP contribution >= 0.6 is 11.6 Å². The lowest BCUT2D eigenvalue weighted by molar-refractivity contribution is -0.151. The van der Waals surface area contributed by atoms with Crippen LogP contribution in [0.2, 0.25) is 5.02 Å². The Labute approximate surface area is 311 Å². The number of benzene rings is 2. The van der Waals surface area contributed by atoms with Gasteiger partial charge >= 0.3 is 0 Å². The first-order chi connectivity index (χ1) is 24.2. The summed E-state index contributed by atoms with van der Waals surface area (Å²) >= 11 is 6.52. The molecule has 1 spiro atoms. The van der Waals surface area contributed by atoms with Gasteiger partial charge in [0, 0.05) is 66.6 Å². The highest BCUT2D eigenvalue weighted by atomic mass is 35.5. The van der Waals surface area contributed by atoms with E-state index in [0.717, 1.165) is 101 Å². The number of rotatable bonds is 4. The normalized spacial score (nSPS) is 35.5. The van der Waals surface area contributed by atoms with Crippen LogP contribution in [0.1, 0.15) is 87.2 Å². The molecule has 2 aromatic carbocycles. The second kappa shape index (κ2) is 13.8. The molecule has 1 unspecified atom stereocenters. The van der Waals surface area contributed by atoms with E-state index in [4.69, 9.17) is 21.1 Å². The number of anilines is 1.